The van der Waals surface area contributed by atoms with Crippen LogP contribution in [0.2, 0.25) is 0 Å². The molecular weight excluding hydrogens is 231 g/mol. The van der Waals surface area contributed by atoms with Gasteiger partial charge in [-0.1, -0.05) is 30.3 Å². The van der Waals surface area contributed by atoms with Crippen LogP contribution < -0.4 is 11.1 Å². The van der Waals surface area contributed by atoms with Gasteiger partial charge in [0.25, 0.3) is 0 Å². The molecule has 1 atom stereocenters. The summed E-state index contributed by atoms with van der Waals surface area (Å²) in [5.41, 5.74) is 6.79. The van der Waals surface area contributed by atoms with Crippen molar-refractivity contribution in [2.24, 2.45) is 5.73 Å². The number of anilines is 1. The van der Waals surface area contributed by atoms with Crippen molar-refractivity contribution in [1.29, 1.82) is 0 Å². The van der Waals surface area contributed by atoms with E-state index in [1.807, 2.05) is 30.3 Å². The maximum Gasteiger partial charge on any atom is 0.244 e. The van der Waals surface area contributed by atoms with Crippen molar-refractivity contribution in [1.82, 2.24) is 0 Å². The van der Waals surface area contributed by atoms with Gasteiger partial charge >= 0.3 is 0 Å². The van der Waals surface area contributed by atoms with Crippen LogP contribution in [0.4, 0.5) is 10.1 Å². The third-order valence-electron chi connectivity index (χ3n) is 2.57. The molecule has 0 aliphatic carbocycles. The largest absolute Gasteiger partial charge is 0.370 e. The SMILES string of the molecule is NC(=O)C(Nc1ccc(F)cc1)c1ccccc1. The standard InChI is InChI=1S/C14H13FN2O/c15-11-6-8-12(9-7-11)17-13(14(16)18)10-4-2-1-3-5-10/h1-9,13,17H,(H2,16,18). The lowest BCUT2D eigenvalue weighted by molar-refractivity contribution is -0.118. The summed E-state index contributed by atoms with van der Waals surface area (Å²) in [7, 11) is 0. The molecule has 0 saturated heterocycles. The quantitative estimate of drug-likeness (QED) is 0.868. The van der Waals surface area contributed by atoms with Crippen LogP contribution >= 0.6 is 0 Å². The van der Waals surface area contributed by atoms with E-state index in [-0.39, 0.29) is 5.82 Å². The molecule has 0 aliphatic heterocycles. The molecule has 2 aromatic rings. The van der Waals surface area contributed by atoms with Crippen molar-refractivity contribution in [2.45, 2.75) is 6.04 Å². The van der Waals surface area contributed by atoms with Crippen LogP contribution in [0.25, 0.3) is 0 Å². The second-order valence-electron chi connectivity index (χ2n) is 3.90. The van der Waals surface area contributed by atoms with Gasteiger partial charge in [0.2, 0.25) is 5.91 Å². The average Bonchev–Trinajstić information content (AvgIpc) is 2.38. The Morgan fingerprint density at radius 2 is 1.67 bits per heavy atom. The summed E-state index contributed by atoms with van der Waals surface area (Å²) >= 11 is 0. The van der Waals surface area contributed by atoms with E-state index in [1.54, 1.807) is 12.1 Å². The van der Waals surface area contributed by atoms with Crippen LogP contribution in [0.3, 0.4) is 0 Å². The van der Waals surface area contributed by atoms with Gasteiger partial charge in [-0.25, -0.2) is 4.39 Å². The van der Waals surface area contributed by atoms with Gasteiger partial charge in [0, 0.05) is 5.69 Å². The fourth-order valence-corrected chi connectivity index (χ4v) is 1.68. The third kappa shape index (κ3) is 2.85. The number of nitrogens with one attached hydrogen (secondary N) is 1. The summed E-state index contributed by atoms with van der Waals surface area (Å²) in [5.74, 6) is -0.804. The fraction of sp³-hybridized carbons (Fsp3) is 0.0714. The first-order valence-corrected chi connectivity index (χ1v) is 5.53. The molecule has 1 amide bonds. The molecule has 0 fully saturated rings. The molecule has 18 heavy (non-hydrogen) atoms. The molecule has 3 nitrogen and oxygen atoms in total. The molecule has 0 bridgehead atoms. The van der Waals surface area contributed by atoms with E-state index in [0.717, 1.165) is 5.56 Å². The number of halogens is 1. The Labute approximate surface area is 104 Å². The van der Waals surface area contributed by atoms with Crippen LogP contribution in [0.5, 0.6) is 0 Å². The van der Waals surface area contributed by atoms with E-state index in [0.29, 0.717) is 5.69 Å². The number of carbonyl (C=O) groups excluding carboxylic acids is 1. The molecule has 4 heteroatoms. The van der Waals surface area contributed by atoms with Gasteiger partial charge in [0.1, 0.15) is 11.9 Å². The summed E-state index contributed by atoms with van der Waals surface area (Å²) in [5, 5.41) is 2.98. The number of carbonyl (C=O) groups is 1. The number of benzene rings is 2. The Kier molecular flexibility index (Phi) is 3.57. The molecule has 2 aromatic carbocycles. The highest BCUT2D eigenvalue weighted by atomic mass is 19.1. The molecule has 2 rings (SSSR count). The molecular formula is C14H13FN2O. The van der Waals surface area contributed by atoms with Gasteiger partial charge in [-0.3, -0.25) is 4.79 Å². The topological polar surface area (TPSA) is 55.1 Å². The number of primary amides is 1. The van der Waals surface area contributed by atoms with Gasteiger partial charge in [-0.15, -0.1) is 0 Å². The lowest BCUT2D eigenvalue weighted by Gasteiger charge is -2.17. The Hall–Kier alpha value is -2.36. The van der Waals surface area contributed by atoms with Crippen LogP contribution in [0.15, 0.2) is 54.6 Å². The zero-order chi connectivity index (χ0) is 13.0. The maximum atomic E-state index is 12.8. The first-order valence-electron chi connectivity index (χ1n) is 5.53. The summed E-state index contributed by atoms with van der Waals surface area (Å²) in [6.45, 7) is 0. The highest BCUT2D eigenvalue weighted by molar-refractivity contribution is 5.84. The minimum Gasteiger partial charge on any atom is -0.370 e. The summed E-state index contributed by atoms with van der Waals surface area (Å²) in [4.78, 5) is 11.5. The number of hydrogen-bond acceptors (Lipinski definition) is 2. The Balaban J connectivity index is 2.22. The Morgan fingerprint density at radius 1 is 1.06 bits per heavy atom. The van der Waals surface area contributed by atoms with Crippen LogP contribution in [0.1, 0.15) is 11.6 Å². The Morgan fingerprint density at radius 3 is 2.22 bits per heavy atom. The number of amides is 1. The van der Waals surface area contributed by atoms with Crippen molar-refractivity contribution in [3.05, 3.63) is 66.0 Å². The minimum absolute atomic E-state index is 0.323. The van der Waals surface area contributed by atoms with Crippen molar-refractivity contribution in [3.8, 4) is 0 Å². The number of rotatable bonds is 4. The number of nitrogens with two attached hydrogens (primary N) is 1. The van der Waals surface area contributed by atoms with Crippen LogP contribution in [-0.4, -0.2) is 5.91 Å². The van der Waals surface area contributed by atoms with E-state index in [4.69, 9.17) is 5.73 Å². The normalized spacial score (nSPS) is 11.8. The second kappa shape index (κ2) is 5.31. The molecule has 0 spiro atoms. The van der Waals surface area contributed by atoms with E-state index >= 15 is 0 Å². The first-order chi connectivity index (χ1) is 8.66. The lowest BCUT2D eigenvalue weighted by atomic mass is 10.1. The van der Waals surface area contributed by atoms with E-state index in [1.165, 1.54) is 12.1 Å². The molecule has 3 N–H and O–H groups in total. The fourth-order valence-electron chi connectivity index (χ4n) is 1.68. The smallest absolute Gasteiger partial charge is 0.244 e. The second-order valence-corrected chi connectivity index (χ2v) is 3.90. The van der Waals surface area contributed by atoms with Gasteiger partial charge in [0.05, 0.1) is 0 Å². The van der Waals surface area contributed by atoms with E-state index in [2.05, 4.69) is 5.32 Å². The van der Waals surface area contributed by atoms with Crippen LogP contribution in [-0.2, 0) is 4.79 Å². The molecule has 0 radical (unpaired) electrons. The van der Waals surface area contributed by atoms with Crippen molar-refractivity contribution in [2.75, 3.05) is 5.32 Å². The van der Waals surface area contributed by atoms with Crippen molar-refractivity contribution in [3.63, 3.8) is 0 Å². The zero-order valence-corrected chi connectivity index (χ0v) is 9.64. The molecule has 0 aliphatic rings. The first kappa shape index (κ1) is 12.1. The molecule has 0 heterocycles. The molecule has 92 valence electrons. The highest BCUT2D eigenvalue weighted by Crippen LogP contribution is 2.19. The highest BCUT2D eigenvalue weighted by Gasteiger charge is 2.16. The number of hydrogen-bond donors (Lipinski definition) is 2. The van der Waals surface area contributed by atoms with Gasteiger partial charge in [0.15, 0.2) is 0 Å². The van der Waals surface area contributed by atoms with Gasteiger partial charge < -0.3 is 11.1 Å². The lowest BCUT2D eigenvalue weighted by Crippen LogP contribution is -2.27. The monoisotopic (exact) mass is 244 g/mol. The zero-order valence-electron chi connectivity index (χ0n) is 9.64. The predicted molar refractivity (Wildman–Crippen MR) is 68.4 cm³/mol. The average molecular weight is 244 g/mol. The summed E-state index contributed by atoms with van der Waals surface area (Å²) in [6, 6.07) is 14.3. The predicted octanol–water partition coefficient (Wildman–Crippen LogP) is 2.46. The van der Waals surface area contributed by atoms with Gasteiger partial charge in [-0.2, -0.15) is 0 Å². The summed E-state index contributed by atoms with van der Waals surface area (Å²) in [6.07, 6.45) is 0. The third-order valence-corrected chi connectivity index (χ3v) is 2.57. The minimum atomic E-state index is -0.628. The van der Waals surface area contributed by atoms with E-state index in [9.17, 15) is 9.18 Å². The molecule has 1 unspecified atom stereocenters. The van der Waals surface area contributed by atoms with Gasteiger partial charge in [-0.05, 0) is 29.8 Å². The Bertz CT molecular complexity index is 525. The van der Waals surface area contributed by atoms with Crippen molar-refractivity contribution >= 4 is 11.6 Å². The van der Waals surface area contributed by atoms with Crippen molar-refractivity contribution < 1.29 is 9.18 Å². The summed E-state index contributed by atoms with van der Waals surface area (Å²) < 4.78 is 12.8. The van der Waals surface area contributed by atoms with E-state index < -0.39 is 11.9 Å². The molecule has 0 saturated carbocycles. The van der Waals surface area contributed by atoms with Crippen LogP contribution in [0, 0.1) is 5.82 Å². The maximum absolute atomic E-state index is 12.8. The molecule has 0 aromatic heterocycles.